The molecule has 5 rings (SSSR count). The van der Waals surface area contributed by atoms with Crippen molar-refractivity contribution >= 4 is 17.1 Å². The molecule has 2 aliphatic rings. The maximum absolute atomic E-state index is 10.5. The minimum Gasteiger partial charge on any atom is -0.506 e. The predicted molar refractivity (Wildman–Crippen MR) is 87.7 cm³/mol. The number of hydrogen-bond donors (Lipinski definition) is 1. The SMILES string of the molecule is Cc1cccc2c1N1c3c(O)cccc3Oc3cccc(c31)O2. The first kappa shape index (κ1) is 12.4. The highest BCUT2D eigenvalue weighted by Gasteiger charge is 2.36. The van der Waals surface area contributed by atoms with Gasteiger partial charge >= 0.3 is 0 Å². The van der Waals surface area contributed by atoms with Gasteiger partial charge in [0.25, 0.3) is 0 Å². The highest BCUT2D eigenvalue weighted by atomic mass is 16.5. The molecule has 0 amide bonds. The topological polar surface area (TPSA) is 41.9 Å². The van der Waals surface area contributed by atoms with Gasteiger partial charge in [0.2, 0.25) is 0 Å². The second kappa shape index (κ2) is 4.20. The van der Waals surface area contributed by atoms with E-state index in [1.165, 1.54) is 0 Å². The van der Waals surface area contributed by atoms with E-state index in [1.807, 2.05) is 54.3 Å². The Labute approximate surface area is 133 Å². The van der Waals surface area contributed by atoms with Gasteiger partial charge in [-0.25, -0.2) is 0 Å². The van der Waals surface area contributed by atoms with Crippen LogP contribution in [-0.2, 0) is 0 Å². The normalized spacial score (nSPS) is 13.3. The third-order valence-corrected chi connectivity index (χ3v) is 4.25. The minimum absolute atomic E-state index is 0.180. The standard InChI is InChI=1S/C19H13NO3/c1-11-5-2-7-13-17(11)20-18-12(21)6-3-8-14(18)23-16-10-4-9-15(22-13)19(16)20/h2-10,21H,1H3. The van der Waals surface area contributed by atoms with Crippen LogP contribution in [0, 0.1) is 6.92 Å². The van der Waals surface area contributed by atoms with Crippen molar-refractivity contribution in [2.45, 2.75) is 6.92 Å². The molecule has 112 valence electrons. The van der Waals surface area contributed by atoms with Crippen molar-refractivity contribution in [2.24, 2.45) is 0 Å². The van der Waals surface area contributed by atoms with E-state index >= 15 is 0 Å². The molecule has 1 N–H and O–H groups in total. The van der Waals surface area contributed by atoms with Crippen LogP contribution in [0.15, 0.2) is 54.6 Å². The Hall–Kier alpha value is -3.14. The van der Waals surface area contributed by atoms with Crippen LogP contribution >= 0.6 is 0 Å². The van der Waals surface area contributed by atoms with Crippen LogP contribution in [0.4, 0.5) is 17.1 Å². The number of aromatic hydroxyl groups is 1. The summed E-state index contributed by atoms with van der Waals surface area (Å²) in [6.45, 7) is 2.03. The zero-order valence-corrected chi connectivity index (χ0v) is 12.4. The number of nitrogens with zero attached hydrogens (tertiary/aromatic N) is 1. The Morgan fingerprint density at radius 1 is 0.696 bits per heavy atom. The first-order valence-corrected chi connectivity index (χ1v) is 7.44. The Bertz CT molecular complexity index is 858. The maximum atomic E-state index is 10.5. The molecule has 3 aromatic rings. The van der Waals surface area contributed by atoms with E-state index in [0.29, 0.717) is 11.4 Å². The third-order valence-electron chi connectivity index (χ3n) is 4.25. The van der Waals surface area contributed by atoms with E-state index in [1.54, 1.807) is 12.1 Å². The van der Waals surface area contributed by atoms with Crippen molar-refractivity contribution < 1.29 is 14.6 Å². The second-order valence-corrected chi connectivity index (χ2v) is 5.69. The summed E-state index contributed by atoms with van der Waals surface area (Å²) in [6.07, 6.45) is 0. The lowest BCUT2D eigenvalue weighted by Crippen LogP contribution is -2.21. The zero-order valence-electron chi connectivity index (χ0n) is 12.4. The van der Waals surface area contributed by atoms with Crippen LogP contribution in [0.3, 0.4) is 0 Å². The minimum atomic E-state index is 0.180. The van der Waals surface area contributed by atoms with Gasteiger partial charge in [0.15, 0.2) is 23.0 Å². The molecule has 2 heterocycles. The summed E-state index contributed by atoms with van der Waals surface area (Å²) in [5.74, 6) is 3.01. The number of aryl methyl sites for hydroxylation is 1. The number of phenolic OH excluding ortho intramolecular Hbond substituents is 1. The molecule has 0 atom stereocenters. The largest absolute Gasteiger partial charge is 0.506 e. The molecule has 0 spiro atoms. The fourth-order valence-electron chi connectivity index (χ4n) is 3.28. The van der Waals surface area contributed by atoms with Crippen molar-refractivity contribution in [1.82, 2.24) is 0 Å². The molecule has 4 nitrogen and oxygen atoms in total. The average Bonchev–Trinajstić information content (AvgIpc) is 2.55. The van der Waals surface area contributed by atoms with Gasteiger partial charge in [0.1, 0.15) is 17.1 Å². The first-order chi connectivity index (χ1) is 11.2. The highest BCUT2D eigenvalue weighted by Crippen LogP contribution is 2.61. The molecule has 0 aromatic heterocycles. The van der Waals surface area contributed by atoms with Gasteiger partial charge in [-0.15, -0.1) is 0 Å². The molecule has 0 bridgehead atoms. The monoisotopic (exact) mass is 303 g/mol. The van der Waals surface area contributed by atoms with Gasteiger partial charge in [-0.05, 0) is 42.8 Å². The van der Waals surface area contributed by atoms with Crippen molar-refractivity contribution in [3.8, 4) is 28.7 Å². The van der Waals surface area contributed by atoms with Crippen molar-refractivity contribution in [1.29, 1.82) is 0 Å². The van der Waals surface area contributed by atoms with Gasteiger partial charge < -0.3 is 14.6 Å². The van der Waals surface area contributed by atoms with Gasteiger partial charge in [-0.3, -0.25) is 4.90 Å². The number of anilines is 3. The van der Waals surface area contributed by atoms with Gasteiger partial charge in [0, 0.05) is 0 Å². The molecule has 0 saturated carbocycles. The summed E-state index contributed by atoms with van der Waals surface area (Å²) >= 11 is 0. The summed E-state index contributed by atoms with van der Waals surface area (Å²) in [5, 5.41) is 10.5. The van der Waals surface area contributed by atoms with Crippen LogP contribution < -0.4 is 14.4 Å². The molecule has 0 aliphatic carbocycles. The van der Waals surface area contributed by atoms with E-state index in [2.05, 4.69) is 0 Å². The second-order valence-electron chi connectivity index (χ2n) is 5.69. The number of phenols is 1. The molecular weight excluding hydrogens is 290 g/mol. The molecule has 23 heavy (non-hydrogen) atoms. The van der Waals surface area contributed by atoms with Crippen LogP contribution in [0.1, 0.15) is 5.56 Å². The van der Waals surface area contributed by atoms with E-state index in [4.69, 9.17) is 9.47 Å². The van der Waals surface area contributed by atoms with Crippen LogP contribution in [0.5, 0.6) is 28.7 Å². The highest BCUT2D eigenvalue weighted by molar-refractivity contribution is 5.96. The number of hydrogen-bond acceptors (Lipinski definition) is 4. The molecular formula is C19H13NO3. The quantitative estimate of drug-likeness (QED) is 0.417. The van der Waals surface area contributed by atoms with E-state index in [0.717, 1.165) is 34.2 Å². The van der Waals surface area contributed by atoms with Crippen LogP contribution in [-0.4, -0.2) is 5.11 Å². The fourth-order valence-corrected chi connectivity index (χ4v) is 3.28. The lowest BCUT2D eigenvalue weighted by atomic mass is 10.0. The number of benzene rings is 3. The summed E-state index contributed by atoms with van der Waals surface area (Å²) in [7, 11) is 0. The van der Waals surface area contributed by atoms with E-state index in [-0.39, 0.29) is 5.75 Å². The smallest absolute Gasteiger partial charge is 0.155 e. The van der Waals surface area contributed by atoms with Crippen LogP contribution in [0.2, 0.25) is 0 Å². The molecule has 0 fully saturated rings. The zero-order chi connectivity index (χ0) is 15.6. The lowest BCUT2D eigenvalue weighted by molar-refractivity contribution is 0.433. The van der Waals surface area contributed by atoms with E-state index < -0.39 is 0 Å². The number of para-hydroxylation sites is 3. The number of ether oxygens (including phenoxy) is 2. The summed E-state index contributed by atoms with van der Waals surface area (Å²) < 4.78 is 12.0. The Kier molecular flexibility index (Phi) is 2.26. The van der Waals surface area contributed by atoms with E-state index in [9.17, 15) is 5.11 Å². The first-order valence-electron chi connectivity index (χ1n) is 7.44. The van der Waals surface area contributed by atoms with Gasteiger partial charge in [0.05, 0.1) is 5.69 Å². The Morgan fingerprint density at radius 3 is 1.91 bits per heavy atom. The van der Waals surface area contributed by atoms with Crippen molar-refractivity contribution in [3.05, 3.63) is 60.2 Å². The predicted octanol–water partition coefficient (Wildman–Crippen LogP) is 5.38. The summed E-state index contributed by atoms with van der Waals surface area (Å²) in [6, 6.07) is 17.0. The molecule has 4 heteroatoms. The van der Waals surface area contributed by atoms with Gasteiger partial charge in [-0.1, -0.05) is 24.3 Å². The molecule has 0 saturated heterocycles. The maximum Gasteiger partial charge on any atom is 0.155 e. The van der Waals surface area contributed by atoms with Crippen LogP contribution in [0.25, 0.3) is 0 Å². The van der Waals surface area contributed by atoms with Gasteiger partial charge in [-0.2, -0.15) is 0 Å². The number of rotatable bonds is 0. The molecule has 0 unspecified atom stereocenters. The fraction of sp³-hybridized carbons (Fsp3) is 0.0526. The average molecular weight is 303 g/mol. The molecule has 2 aliphatic heterocycles. The molecule has 0 radical (unpaired) electrons. The Balaban J connectivity index is 1.91. The van der Waals surface area contributed by atoms with Crippen molar-refractivity contribution in [2.75, 3.05) is 4.90 Å². The summed E-state index contributed by atoms with van der Waals surface area (Å²) in [4.78, 5) is 2.03. The summed E-state index contributed by atoms with van der Waals surface area (Å²) in [5.41, 5.74) is 3.46. The number of fused-ring (bicyclic) bond motifs is 4. The third kappa shape index (κ3) is 1.55. The Morgan fingerprint density at radius 2 is 1.22 bits per heavy atom. The lowest BCUT2D eigenvalue weighted by Gasteiger charge is -2.38. The van der Waals surface area contributed by atoms with Crippen molar-refractivity contribution in [3.63, 3.8) is 0 Å². The molecule has 3 aromatic carbocycles.